The Kier molecular flexibility index (Phi) is 6.08. The molecule has 4 aromatic rings. The summed E-state index contributed by atoms with van der Waals surface area (Å²) in [4.78, 5) is 40.9. The van der Waals surface area contributed by atoms with Crippen molar-refractivity contribution in [2.75, 3.05) is 12.4 Å². The second-order valence-electron chi connectivity index (χ2n) is 9.28. The number of nitrogens with zero attached hydrogens (tertiary/aromatic N) is 7. The molecule has 1 atom stereocenters. The van der Waals surface area contributed by atoms with E-state index in [2.05, 4.69) is 30.2 Å². The molecular formula is C24H25N9O3S. The molecule has 2 fully saturated rings. The second-order valence-corrected chi connectivity index (χ2v) is 10.3. The Morgan fingerprint density at radius 3 is 2.62 bits per heavy atom. The lowest BCUT2D eigenvalue weighted by molar-refractivity contribution is 0.397. The first-order valence-corrected chi connectivity index (χ1v) is 13.2. The van der Waals surface area contributed by atoms with Crippen molar-refractivity contribution in [3.05, 3.63) is 52.6 Å². The van der Waals surface area contributed by atoms with Crippen LogP contribution in [-0.2, 0) is 24.1 Å². The molecule has 0 spiro atoms. The van der Waals surface area contributed by atoms with E-state index in [1.54, 1.807) is 30.0 Å². The number of rotatable bonds is 9. The first kappa shape index (κ1) is 23.6. The van der Waals surface area contributed by atoms with Crippen LogP contribution in [0.1, 0.15) is 43.0 Å². The predicted molar refractivity (Wildman–Crippen MR) is 136 cm³/mol. The van der Waals surface area contributed by atoms with Gasteiger partial charge in [-0.05, 0) is 43.7 Å². The Morgan fingerprint density at radius 1 is 1.11 bits per heavy atom. The molecule has 2 aliphatic rings. The molecule has 0 bridgehead atoms. The van der Waals surface area contributed by atoms with Crippen molar-refractivity contribution in [3.63, 3.8) is 0 Å². The van der Waals surface area contributed by atoms with Gasteiger partial charge in [0.2, 0.25) is 5.88 Å². The van der Waals surface area contributed by atoms with Crippen molar-refractivity contribution in [1.29, 1.82) is 0 Å². The molecule has 3 N–H and O–H groups in total. The van der Waals surface area contributed by atoms with Gasteiger partial charge in [-0.25, -0.2) is 34.3 Å². The number of methoxy groups -OCH3 is 1. The van der Waals surface area contributed by atoms with Crippen LogP contribution in [0.4, 0.5) is 5.82 Å². The van der Waals surface area contributed by atoms with Crippen LogP contribution in [0, 0.1) is 5.92 Å². The second kappa shape index (κ2) is 9.56. The van der Waals surface area contributed by atoms with Crippen LogP contribution < -0.4 is 20.8 Å². The number of fused-ring (bicyclic) bond motifs is 1. The normalized spacial score (nSPS) is 16.1. The lowest BCUT2D eigenvalue weighted by atomic mass is 10.1. The third-order valence-corrected chi connectivity index (χ3v) is 7.22. The van der Waals surface area contributed by atoms with Gasteiger partial charge in [0, 0.05) is 18.7 Å². The fraction of sp³-hybridized carbons (Fsp3) is 0.375. The van der Waals surface area contributed by atoms with Gasteiger partial charge in [0.15, 0.2) is 17.3 Å². The van der Waals surface area contributed by atoms with Gasteiger partial charge in [-0.15, -0.1) is 0 Å². The van der Waals surface area contributed by atoms with Crippen LogP contribution >= 0.6 is 0 Å². The van der Waals surface area contributed by atoms with Crippen molar-refractivity contribution in [2.45, 2.75) is 49.6 Å². The molecule has 1 unspecified atom stereocenters. The van der Waals surface area contributed by atoms with Gasteiger partial charge in [-0.1, -0.05) is 0 Å². The van der Waals surface area contributed by atoms with E-state index in [0.717, 1.165) is 31.4 Å². The Morgan fingerprint density at radius 2 is 1.95 bits per heavy atom. The molecule has 2 aliphatic carbocycles. The first-order valence-electron chi connectivity index (χ1n) is 12.0. The van der Waals surface area contributed by atoms with E-state index in [9.17, 15) is 9.00 Å². The summed E-state index contributed by atoms with van der Waals surface area (Å²) in [5, 5.41) is 8.48. The van der Waals surface area contributed by atoms with Crippen molar-refractivity contribution in [1.82, 2.24) is 34.5 Å². The summed E-state index contributed by atoms with van der Waals surface area (Å²) in [5.41, 5.74) is 2.88. The van der Waals surface area contributed by atoms with Crippen molar-refractivity contribution in [2.24, 2.45) is 11.1 Å². The summed E-state index contributed by atoms with van der Waals surface area (Å²) in [6.07, 6.45) is 8.82. The number of ether oxygens (including phenoxy) is 1. The van der Waals surface area contributed by atoms with E-state index >= 15 is 0 Å². The topological polar surface area (TPSA) is 164 Å². The maximum atomic E-state index is 13.5. The third kappa shape index (κ3) is 4.79. The zero-order chi connectivity index (χ0) is 25.5. The van der Waals surface area contributed by atoms with Gasteiger partial charge in [-0.2, -0.15) is 0 Å². The number of nitrogens with two attached hydrogens (primary N) is 1. The molecule has 12 nitrogen and oxygen atoms in total. The van der Waals surface area contributed by atoms with E-state index in [1.165, 1.54) is 12.5 Å². The average Bonchev–Trinajstić information content (AvgIpc) is 3.84. The van der Waals surface area contributed by atoms with Crippen LogP contribution in [0.25, 0.3) is 22.6 Å². The van der Waals surface area contributed by atoms with Crippen LogP contribution in [0.5, 0.6) is 5.88 Å². The van der Waals surface area contributed by atoms with E-state index < -0.39 is 11.0 Å². The Labute approximate surface area is 214 Å². The minimum atomic E-state index is -1.60. The molecule has 0 amide bonds. The monoisotopic (exact) mass is 519 g/mol. The molecule has 2 saturated carbocycles. The molecule has 4 aromatic heterocycles. The summed E-state index contributed by atoms with van der Waals surface area (Å²) in [6, 6.07) is 3.35. The van der Waals surface area contributed by atoms with Crippen molar-refractivity contribution >= 4 is 28.0 Å². The van der Waals surface area contributed by atoms with Gasteiger partial charge in [-0.3, -0.25) is 14.3 Å². The van der Waals surface area contributed by atoms with E-state index in [0.29, 0.717) is 57.4 Å². The highest BCUT2D eigenvalue weighted by atomic mass is 32.2. The number of anilines is 1. The standard InChI is InChI=1S/C24H25N9O3S/c1-36-23-18(19(14-4-5-14)29-12-30-23)20-28-10-17-22(32-20)33(11-13-2-3-13)24(34)21(31-17)27-8-15-6-7-16(9-26-15)37(25)35/h6-7,9-10,12-14H,2-5,8,11,25H2,1H3,(H,27,31). The molecule has 6 rings (SSSR count). The van der Waals surface area contributed by atoms with E-state index in [-0.39, 0.29) is 17.9 Å². The highest BCUT2D eigenvalue weighted by Crippen LogP contribution is 2.44. The van der Waals surface area contributed by atoms with Gasteiger partial charge in [0.05, 0.1) is 36.1 Å². The molecule has 37 heavy (non-hydrogen) atoms. The van der Waals surface area contributed by atoms with Crippen LogP contribution in [-0.4, -0.2) is 45.8 Å². The minimum absolute atomic E-state index is 0.192. The van der Waals surface area contributed by atoms with Gasteiger partial charge in [0.1, 0.15) is 28.4 Å². The summed E-state index contributed by atoms with van der Waals surface area (Å²) in [5.74, 6) is 1.78. The fourth-order valence-electron chi connectivity index (χ4n) is 4.22. The maximum absolute atomic E-state index is 13.5. The number of pyridine rings is 1. The Balaban J connectivity index is 1.39. The molecule has 0 aliphatic heterocycles. The maximum Gasteiger partial charge on any atom is 0.294 e. The van der Waals surface area contributed by atoms with Crippen LogP contribution in [0.3, 0.4) is 0 Å². The highest BCUT2D eigenvalue weighted by molar-refractivity contribution is 7.82. The molecular weight excluding hydrogens is 494 g/mol. The quantitative estimate of drug-likeness (QED) is 0.334. The average molecular weight is 520 g/mol. The molecule has 13 heteroatoms. The molecule has 0 radical (unpaired) electrons. The predicted octanol–water partition coefficient (Wildman–Crippen LogP) is 1.93. The summed E-state index contributed by atoms with van der Waals surface area (Å²) < 4.78 is 18.6. The summed E-state index contributed by atoms with van der Waals surface area (Å²) in [6.45, 7) is 0.813. The molecule has 4 heterocycles. The molecule has 190 valence electrons. The SMILES string of the molecule is COc1ncnc(C2CC2)c1-c1ncc2nc(NCc3ccc(S(N)=O)cn3)c(=O)n(CC3CC3)c2n1. The van der Waals surface area contributed by atoms with Gasteiger partial charge < -0.3 is 10.1 Å². The largest absolute Gasteiger partial charge is 0.480 e. The van der Waals surface area contributed by atoms with Crippen LogP contribution in [0.15, 0.2) is 40.5 Å². The zero-order valence-electron chi connectivity index (χ0n) is 20.1. The zero-order valence-corrected chi connectivity index (χ0v) is 20.9. The first-order chi connectivity index (χ1) is 18.0. The Hall–Kier alpha value is -3.84. The van der Waals surface area contributed by atoms with Gasteiger partial charge >= 0.3 is 0 Å². The molecule has 0 aromatic carbocycles. The van der Waals surface area contributed by atoms with E-state index in [4.69, 9.17) is 14.9 Å². The minimum Gasteiger partial charge on any atom is -0.480 e. The van der Waals surface area contributed by atoms with Crippen molar-refractivity contribution < 1.29 is 8.95 Å². The lowest BCUT2D eigenvalue weighted by Gasteiger charge is -2.14. The third-order valence-electron chi connectivity index (χ3n) is 6.51. The summed E-state index contributed by atoms with van der Waals surface area (Å²) >= 11 is 0. The van der Waals surface area contributed by atoms with Crippen molar-refractivity contribution in [3.8, 4) is 17.3 Å². The summed E-state index contributed by atoms with van der Waals surface area (Å²) in [7, 11) is -0.0374. The Bertz CT molecular complexity index is 1570. The molecule has 0 saturated heterocycles. The smallest absolute Gasteiger partial charge is 0.294 e. The number of hydrogen-bond acceptors (Lipinski definition) is 10. The van der Waals surface area contributed by atoms with E-state index in [1.807, 2.05) is 0 Å². The number of nitrogens with one attached hydrogen (secondary N) is 1. The number of hydrogen-bond donors (Lipinski definition) is 2. The van der Waals surface area contributed by atoms with Gasteiger partial charge in [0.25, 0.3) is 5.56 Å². The van der Waals surface area contributed by atoms with Crippen LogP contribution in [0.2, 0.25) is 0 Å². The highest BCUT2D eigenvalue weighted by Gasteiger charge is 2.32. The fourth-order valence-corrected chi connectivity index (χ4v) is 4.58. The lowest BCUT2D eigenvalue weighted by Crippen LogP contribution is -2.27. The number of aromatic nitrogens is 7.